The van der Waals surface area contributed by atoms with Crippen molar-refractivity contribution >= 4 is 56.9 Å². The summed E-state index contributed by atoms with van der Waals surface area (Å²) >= 11 is 9.17. The Kier molecular flexibility index (Phi) is 7.29. The summed E-state index contributed by atoms with van der Waals surface area (Å²) in [6.07, 6.45) is -0.118. The summed E-state index contributed by atoms with van der Waals surface area (Å²) < 4.78 is 5.96. The minimum absolute atomic E-state index is 0.0372. The number of esters is 1. The number of anilines is 1. The van der Waals surface area contributed by atoms with Crippen LogP contribution in [0.1, 0.15) is 22.3 Å². The number of amides is 3. The molecule has 1 aliphatic heterocycles. The number of rotatable bonds is 6. The van der Waals surface area contributed by atoms with Gasteiger partial charge < -0.3 is 10.1 Å². The van der Waals surface area contributed by atoms with Gasteiger partial charge in [-0.3, -0.25) is 29.6 Å². The van der Waals surface area contributed by atoms with E-state index in [1.165, 1.54) is 12.1 Å². The van der Waals surface area contributed by atoms with E-state index in [4.69, 9.17) is 16.3 Å². The van der Waals surface area contributed by atoms with Crippen LogP contribution in [-0.4, -0.2) is 41.9 Å². The first-order valence-corrected chi connectivity index (χ1v) is 10.5. The van der Waals surface area contributed by atoms with Crippen LogP contribution in [0.3, 0.4) is 0 Å². The highest BCUT2D eigenvalue weighted by molar-refractivity contribution is 9.10. The van der Waals surface area contributed by atoms with Crippen LogP contribution in [0.15, 0.2) is 46.9 Å². The third-order valence-corrected chi connectivity index (χ3v) is 5.73. The lowest BCUT2D eigenvalue weighted by Crippen LogP contribution is -2.43. The number of aryl methyl sites for hydroxylation is 1. The summed E-state index contributed by atoms with van der Waals surface area (Å²) in [7, 11) is 0. The largest absolute Gasteiger partial charge is 0.455 e. The van der Waals surface area contributed by atoms with E-state index in [0.717, 1.165) is 15.0 Å². The Hall–Kier alpha value is -2.91. The third-order valence-electron chi connectivity index (χ3n) is 4.59. The zero-order valence-corrected chi connectivity index (χ0v) is 18.8. The molecule has 0 saturated carbocycles. The van der Waals surface area contributed by atoms with Gasteiger partial charge >= 0.3 is 5.97 Å². The first kappa shape index (κ1) is 22.8. The van der Waals surface area contributed by atoms with Crippen LogP contribution in [0, 0.1) is 12.8 Å². The molecule has 0 bridgehead atoms. The highest BCUT2D eigenvalue weighted by atomic mass is 79.9. The molecule has 0 spiro atoms. The number of ether oxygens (including phenoxy) is 1. The molecule has 8 nitrogen and oxygen atoms in total. The molecule has 31 heavy (non-hydrogen) atoms. The first-order chi connectivity index (χ1) is 14.7. The number of hydrazine groups is 1. The minimum atomic E-state index is -0.777. The van der Waals surface area contributed by atoms with Crippen molar-refractivity contribution in [2.75, 3.05) is 18.5 Å². The molecule has 0 unspecified atom stereocenters. The monoisotopic (exact) mass is 507 g/mol. The summed E-state index contributed by atoms with van der Waals surface area (Å²) in [6, 6.07) is 11.5. The third kappa shape index (κ3) is 6.05. The summed E-state index contributed by atoms with van der Waals surface area (Å²) in [5.74, 6) is -2.87. The second-order valence-electron chi connectivity index (χ2n) is 6.97. The SMILES string of the molecule is Cc1cc(NC(=O)COC(=O)[C@@H]2CC(=O)N(NC(=O)c3ccc(Cl)cc3)C2)ccc1Br. The van der Waals surface area contributed by atoms with Gasteiger partial charge in [0.2, 0.25) is 5.91 Å². The van der Waals surface area contributed by atoms with Crippen molar-refractivity contribution in [2.24, 2.45) is 5.92 Å². The molecule has 0 aliphatic carbocycles. The molecule has 1 atom stereocenters. The van der Waals surface area contributed by atoms with Crippen LogP contribution in [0.4, 0.5) is 5.69 Å². The molecule has 10 heteroatoms. The number of carbonyl (C=O) groups excluding carboxylic acids is 4. The van der Waals surface area contributed by atoms with Crippen LogP contribution in [0.5, 0.6) is 0 Å². The second-order valence-corrected chi connectivity index (χ2v) is 8.26. The standard InChI is InChI=1S/C21H19BrClN3O5/c1-12-8-16(6-7-17(12)22)24-18(27)11-31-21(30)14-9-19(28)26(10-14)25-20(29)13-2-4-15(23)5-3-13/h2-8,14H,9-11H2,1H3,(H,24,27)(H,25,29)/t14-/m1/s1. The van der Waals surface area contributed by atoms with Gasteiger partial charge in [0.05, 0.1) is 12.5 Å². The zero-order valence-electron chi connectivity index (χ0n) is 16.5. The van der Waals surface area contributed by atoms with E-state index in [9.17, 15) is 19.2 Å². The maximum Gasteiger partial charge on any atom is 0.311 e. The zero-order chi connectivity index (χ0) is 22.5. The van der Waals surface area contributed by atoms with Crippen LogP contribution in [0.25, 0.3) is 0 Å². The normalized spacial score (nSPS) is 15.5. The van der Waals surface area contributed by atoms with E-state index in [2.05, 4.69) is 26.7 Å². The number of hydrogen-bond donors (Lipinski definition) is 2. The number of nitrogens with one attached hydrogen (secondary N) is 2. The fourth-order valence-electron chi connectivity index (χ4n) is 2.94. The fourth-order valence-corrected chi connectivity index (χ4v) is 3.31. The lowest BCUT2D eigenvalue weighted by Gasteiger charge is -2.17. The number of carbonyl (C=O) groups is 4. The molecule has 2 aromatic rings. The molecule has 1 heterocycles. The molecule has 0 radical (unpaired) electrons. The Morgan fingerprint density at radius 1 is 1.19 bits per heavy atom. The Balaban J connectivity index is 1.48. The van der Waals surface area contributed by atoms with Gasteiger partial charge in [-0.25, -0.2) is 0 Å². The summed E-state index contributed by atoms with van der Waals surface area (Å²) in [4.78, 5) is 48.7. The molecule has 2 N–H and O–H groups in total. The smallest absolute Gasteiger partial charge is 0.311 e. The first-order valence-electron chi connectivity index (χ1n) is 9.32. The molecule has 3 rings (SSSR count). The van der Waals surface area contributed by atoms with Crippen molar-refractivity contribution < 1.29 is 23.9 Å². The average Bonchev–Trinajstić information content (AvgIpc) is 3.10. The maximum atomic E-state index is 12.3. The topological polar surface area (TPSA) is 105 Å². The van der Waals surface area contributed by atoms with Gasteiger partial charge in [0.1, 0.15) is 0 Å². The van der Waals surface area contributed by atoms with E-state index in [-0.39, 0.29) is 13.0 Å². The van der Waals surface area contributed by atoms with Gasteiger partial charge in [-0.05, 0) is 55.0 Å². The predicted octanol–water partition coefficient (Wildman–Crippen LogP) is 3.09. The molecule has 162 valence electrons. The highest BCUT2D eigenvalue weighted by Crippen LogP contribution is 2.21. The van der Waals surface area contributed by atoms with Crippen LogP contribution < -0.4 is 10.7 Å². The molecular formula is C21H19BrClN3O5. The van der Waals surface area contributed by atoms with E-state index in [1.54, 1.807) is 30.3 Å². The second kappa shape index (κ2) is 9.93. The summed E-state index contributed by atoms with van der Waals surface area (Å²) in [6.45, 7) is 1.37. The molecule has 1 saturated heterocycles. The van der Waals surface area contributed by atoms with Crippen molar-refractivity contribution in [2.45, 2.75) is 13.3 Å². The number of hydrogen-bond acceptors (Lipinski definition) is 5. The van der Waals surface area contributed by atoms with E-state index in [1.807, 2.05) is 6.92 Å². The minimum Gasteiger partial charge on any atom is -0.455 e. The van der Waals surface area contributed by atoms with Crippen molar-refractivity contribution in [3.8, 4) is 0 Å². The Bertz CT molecular complexity index is 1030. The van der Waals surface area contributed by atoms with Gasteiger partial charge in [-0.1, -0.05) is 27.5 Å². The molecule has 2 aromatic carbocycles. The van der Waals surface area contributed by atoms with Gasteiger partial charge in [-0.2, -0.15) is 0 Å². The lowest BCUT2D eigenvalue weighted by molar-refractivity contribution is -0.151. The van der Waals surface area contributed by atoms with Crippen LogP contribution in [0.2, 0.25) is 5.02 Å². The van der Waals surface area contributed by atoms with Crippen molar-refractivity contribution in [3.63, 3.8) is 0 Å². The van der Waals surface area contributed by atoms with E-state index >= 15 is 0 Å². The summed E-state index contributed by atoms with van der Waals surface area (Å²) in [5.41, 5.74) is 4.31. The Labute approximate surface area is 192 Å². The van der Waals surface area contributed by atoms with Crippen molar-refractivity contribution in [3.05, 3.63) is 63.1 Å². The lowest BCUT2D eigenvalue weighted by atomic mass is 10.1. The fraction of sp³-hybridized carbons (Fsp3) is 0.238. The van der Waals surface area contributed by atoms with Crippen molar-refractivity contribution in [1.82, 2.24) is 10.4 Å². The molecule has 0 aromatic heterocycles. The van der Waals surface area contributed by atoms with Gasteiger partial charge in [0, 0.05) is 27.2 Å². The molecule has 1 aliphatic rings. The summed E-state index contributed by atoms with van der Waals surface area (Å²) in [5, 5.41) is 4.20. The number of benzene rings is 2. The van der Waals surface area contributed by atoms with Crippen molar-refractivity contribution in [1.29, 1.82) is 0 Å². The van der Waals surface area contributed by atoms with Gasteiger partial charge in [0.15, 0.2) is 6.61 Å². The average molecular weight is 509 g/mol. The van der Waals surface area contributed by atoms with Crippen LogP contribution >= 0.6 is 27.5 Å². The van der Waals surface area contributed by atoms with Gasteiger partial charge in [0.25, 0.3) is 11.8 Å². The number of halogens is 2. The number of nitrogens with zero attached hydrogens (tertiary/aromatic N) is 1. The molecule has 1 fully saturated rings. The van der Waals surface area contributed by atoms with E-state index in [0.29, 0.717) is 16.3 Å². The van der Waals surface area contributed by atoms with E-state index < -0.39 is 36.2 Å². The Morgan fingerprint density at radius 2 is 1.90 bits per heavy atom. The highest BCUT2D eigenvalue weighted by Gasteiger charge is 2.36. The van der Waals surface area contributed by atoms with Gasteiger partial charge in [-0.15, -0.1) is 0 Å². The Morgan fingerprint density at radius 3 is 2.58 bits per heavy atom. The van der Waals surface area contributed by atoms with Crippen LogP contribution in [-0.2, 0) is 19.1 Å². The molecular weight excluding hydrogens is 490 g/mol. The maximum absolute atomic E-state index is 12.3. The predicted molar refractivity (Wildman–Crippen MR) is 117 cm³/mol. The molecule has 3 amide bonds. The quantitative estimate of drug-likeness (QED) is 0.584.